The number of carbonyl (C=O) groups is 1. The molecule has 1 aromatic carbocycles. The summed E-state index contributed by atoms with van der Waals surface area (Å²) in [5.74, 6) is -0.595. The number of rotatable bonds is 8. The lowest BCUT2D eigenvalue weighted by atomic mass is 9.95. The van der Waals surface area contributed by atoms with Crippen molar-refractivity contribution < 1.29 is 9.90 Å². The van der Waals surface area contributed by atoms with Crippen LogP contribution in [0.3, 0.4) is 0 Å². The molecule has 0 spiro atoms. The minimum atomic E-state index is -0.876. The van der Waals surface area contributed by atoms with Crippen LogP contribution in [0.15, 0.2) is 12.1 Å². The molecule has 2 aromatic rings. The van der Waals surface area contributed by atoms with Gasteiger partial charge in [-0.3, -0.25) is 0 Å². The molecule has 24 heavy (non-hydrogen) atoms. The fourth-order valence-corrected chi connectivity index (χ4v) is 3.32. The Balaban J connectivity index is 2.79. The number of carboxylic acid groups (broad SMARTS) is 1. The third kappa shape index (κ3) is 3.47. The van der Waals surface area contributed by atoms with Crippen LogP contribution in [-0.4, -0.2) is 28.7 Å². The van der Waals surface area contributed by atoms with Crippen LogP contribution in [0.1, 0.15) is 59.8 Å². The summed E-state index contributed by atoms with van der Waals surface area (Å²) >= 11 is 0. The normalized spacial score (nSPS) is 11.6. The number of benzene rings is 1. The first kappa shape index (κ1) is 18.5. The maximum Gasteiger partial charge on any atom is 0.337 e. The second-order valence-electron chi connectivity index (χ2n) is 6.67. The van der Waals surface area contributed by atoms with Gasteiger partial charge in [-0.15, -0.1) is 0 Å². The second-order valence-corrected chi connectivity index (χ2v) is 6.67. The van der Waals surface area contributed by atoms with Crippen LogP contribution in [-0.2, 0) is 13.0 Å². The van der Waals surface area contributed by atoms with Crippen LogP contribution >= 0.6 is 0 Å². The number of nitrogens with zero attached hydrogens (tertiary/aromatic N) is 1. The van der Waals surface area contributed by atoms with E-state index in [0.29, 0.717) is 18.7 Å². The van der Waals surface area contributed by atoms with Crippen molar-refractivity contribution in [2.75, 3.05) is 13.1 Å². The third-order valence-electron chi connectivity index (χ3n) is 4.68. The van der Waals surface area contributed by atoms with Gasteiger partial charge in [0, 0.05) is 17.6 Å². The summed E-state index contributed by atoms with van der Waals surface area (Å²) in [6.07, 6.45) is 2.59. The van der Waals surface area contributed by atoms with Crippen molar-refractivity contribution in [2.45, 2.75) is 52.5 Å². The van der Waals surface area contributed by atoms with Gasteiger partial charge in [-0.1, -0.05) is 13.8 Å². The largest absolute Gasteiger partial charge is 0.478 e. The van der Waals surface area contributed by atoms with E-state index >= 15 is 0 Å². The van der Waals surface area contributed by atoms with E-state index in [1.54, 1.807) is 0 Å². The van der Waals surface area contributed by atoms with Gasteiger partial charge in [0.05, 0.1) is 11.1 Å². The number of hydrogen-bond acceptors (Lipinski definition) is 3. The van der Waals surface area contributed by atoms with Crippen molar-refractivity contribution in [3.8, 4) is 0 Å². The van der Waals surface area contributed by atoms with E-state index in [1.165, 1.54) is 5.56 Å². The summed E-state index contributed by atoms with van der Waals surface area (Å²) in [4.78, 5) is 11.9. The molecule has 0 atom stereocenters. The van der Waals surface area contributed by atoms with E-state index < -0.39 is 5.97 Å². The first-order valence-electron chi connectivity index (χ1n) is 8.71. The minimum Gasteiger partial charge on any atom is -0.478 e. The Morgan fingerprint density at radius 2 is 1.88 bits per heavy atom. The van der Waals surface area contributed by atoms with Crippen molar-refractivity contribution in [3.05, 3.63) is 34.5 Å². The van der Waals surface area contributed by atoms with Crippen molar-refractivity contribution in [3.63, 3.8) is 0 Å². The lowest BCUT2D eigenvalue weighted by Gasteiger charge is -2.12. The van der Waals surface area contributed by atoms with E-state index in [1.807, 2.05) is 6.07 Å². The Hall–Kier alpha value is -1.85. The molecule has 0 radical (unpaired) electrons. The van der Waals surface area contributed by atoms with Crippen LogP contribution in [0, 0.1) is 6.92 Å². The summed E-state index contributed by atoms with van der Waals surface area (Å²) in [6.45, 7) is 8.20. The topological polar surface area (TPSA) is 94.3 Å². The SMILES string of the molecule is Cc1c(CCCN)c2cc(C(C)C)cc(C(=O)O)c2n1CCCN. The molecule has 2 rings (SSSR count). The van der Waals surface area contributed by atoms with Gasteiger partial charge >= 0.3 is 5.97 Å². The summed E-state index contributed by atoms with van der Waals surface area (Å²) in [7, 11) is 0. The number of fused-ring (bicyclic) bond motifs is 1. The highest BCUT2D eigenvalue weighted by atomic mass is 16.4. The van der Waals surface area contributed by atoms with Crippen molar-refractivity contribution in [1.29, 1.82) is 0 Å². The summed E-state index contributed by atoms with van der Waals surface area (Å²) in [5.41, 5.74) is 16.0. The molecule has 0 bridgehead atoms. The Bertz CT molecular complexity index is 732. The minimum absolute atomic E-state index is 0.280. The zero-order valence-corrected chi connectivity index (χ0v) is 14.9. The molecule has 0 aliphatic carbocycles. The van der Waals surface area contributed by atoms with Gasteiger partial charge in [0.15, 0.2) is 0 Å². The Morgan fingerprint density at radius 3 is 2.42 bits per heavy atom. The number of nitrogens with two attached hydrogens (primary N) is 2. The first-order valence-corrected chi connectivity index (χ1v) is 8.71. The third-order valence-corrected chi connectivity index (χ3v) is 4.68. The van der Waals surface area contributed by atoms with Crippen LogP contribution in [0.5, 0.6) is 0 Å². The van der Waals surface area contributed by atoms with Crippen molar-refractivity contribution in [1.82, 2.24) is 4.57 Å². The molecule has 0 aliphatic rings. The smallest absolute Gasteiger partial charge is 0.337 e. The lowest BCUT2D eigenvalue weighted by molar-refractivity contribution is 0.0698. The molecule has 1 aromatic heterocycles. The fourth-order valence-electron chi connectivity index (χ4n) is 3.32. The highest BCUT2D eigenvalue weighted by Crippen LogP contribution is 2.33. The van der Waals surface area contributed by atoms with Crippen LogP contribution in [0.25, 0.3) is 10.9 Å². The van der Waals surface area contributed by atoms with Crippen LogP contribution in [0.2, 0.25) is 0 Å². The van der Waals surface area contributed by atoms with Gasteiger partial charge in [0.25, 0.3) is 0 Å². The molecule has 5 N–H and O–H groups in total. The van der Waals surface area contributed by atoms with E-state index in [2.05, 4.69) is 31.4 Å². The van der Waals surface area contributed by atoms with Crippen molar-refractivity contribution in [2.24, 2.45) is 11.5 Å². The van der Waals surface area contributed by atoms with Gasteiger partial charge in [0.2, 0.25) is 0 Å². The fraction of sp³-hybridized carbons (Fsp3) is 0.526. The van der Waals surface area contributed by atoms with Crippen LogP contribution in [0.4, 0.5) is 0 Å². The van der Waals surface area contributed by atoms with Crippen LogP contribution < -0.4 is 11.5 Å². The predicted octanol–water partition coefficient (Wildman–Crippen LogP) is 3.01. The number of carboxylic acids is 1. The zero-order valence-electron chi connectivity index (χ0n) is 14.9. The molecule has 0 aliphatic heterocycles. The van der Waals surface area contributed by atoms with Gasteiger partial charge in [-0.2, -0.15) is 0 Å². The molecular formula is C19H29N3O2. The molecule has 5 nitrogen and oxygen atoms in total. The average molecular weight is 331 g/mol. The van der Waals surface area contributed by atoms with E-state index in [9.17, 15) is 9.90 Å². The van der Waals surface area contributed by atoms with E-state index in [4.69, 9.17) is 11.5 Å². The van der Waals surface area contributed by atoms with Gasteiger partial charge < -0.3 is 21.1 Å². The van der Waals surface area contributed by atoms with Gasteiger partial charge in [0.1, 0.15) is 0 Å². The zero-order chi connectivity index (χ0) is 17.9. The summed E-state index contributed by atoms with van der Waals surface area (Å²) in [6, 6.07) is 3.98. The summed E-state index contributed by atoms with van der Waals surface area (Å²) < 4.78 is 2.13. The van der Waals surface area contributed by atoms with E-state index in [0.717, 1.165) is 48.0 Å². The Labute approximate surface area is 143 Å². The highest BCUT2D eigenvalue weighted by Gasteiger charge is 2.21. The van der Waals surface area contributed by atoms with Gasteiger partial charge in [-0.25, -0.2) is 4.79 Å². The molecule has 0 saturated heterocycles. The summed E-state index contributed by atoms with van der Waals surface area (Å²) in [5, 5.41) is 10.8. The molecule has 1 heterocycles. The average Bonchev–Trinajstić information content (AvgIpc) is 2.81. The highest BCUT2D eigenvalue weighted by molar-refractivity contribution is 6.04. The quantitative estimate of drug-likeness (QED) is 0.693. The Kier molecular flexibility index (Phi) is 6.02. The number of aromatic carboxylic acids is 1. The first-order chi connectivity index (χ1) is 11.4. The maximum absolute atomic E-state index is 11.9. The monoisotopic (exact) mass is 331 g/mol. The van der Waals surface area contributed by atoms with Crippen molar-refractivity contribution >= 4 is 16.9 Å². The number of hydrogen-bond donors (Lipinski definition) is 3. The van der Waals surface area contributed by atoms with E-state index in [-0.39, 0.29) is 5.92 Å². The molecule has 132 valence electrons. The lowest BCUT2D eigenvalue weighted by Crippen LogP contribution is -2.10. The molecule has 0 fully saturated rings. The molecule has 0 unspecified atom stereocenters. The Morgan fingerprint density at radius 1 is 1.21 bits per heavy atom. The molecule has 5 heteroatoms. The number of aryl methyl sites for hydroxylation is 2. The maximum atomic E-state index is 11.9. The standard InChI is InChI=1S/C19H29N3O2/c1-12(2)14-10-16-15(6-4-7-20)13(3)22(9-5-8-21)18(16)17(11-14)19(23)24/h10-12H,4-9,20-21H2,1-3H3,(H,23,24). The molecular weight excluding hydrogens is 302 g/mol. The molecule has 0 amide bonds. The number of aromatic nitrogens is 1. The second kappa shape index (κ2) is 7.81. The molecule has 0 saturated carbocycles. The predicted molar refractivity (Wildman–Crippen MR) is 98.8 cm³/mol. The van der Waals surface area contributed by atoms with Gasteiger partial charge in [-0.05, 0) is 68.5 Å².